The molecule has 0 aliphatic carbocycles. The van der Waals surface area contributed by atoms with Crippen molar-refractivity contribution in [1.29, 1.82) is 0 Å². The Labute approximate surface area is 109 Å². The zero-order valence-electron chi connectivity index (χ0n) is 10.9. The van der Waals surface area contributed by atoms with Crippen LogP contribution < -0.4 is 4.72 Å². The molecule has 1 saturated heterocycles. The summed E-state index contributed by atoms with van der Waals surface area (Å²) in [4.78, 5) is 10.8. The van der Waals surface area contributed by atoms with Crippen molar-refractivity contribution in [3.05, 3.63) is 0 Å². The van der Waals surface area contributed by atoms with Crippen LogP contribution in [0.5, 0.6) is 0 Å². The zero-order valence-corrected chi connectivity index (χ0v) is 11.7. The Balaban J connectivity index is 2.08. The van der Waals surface area contributed by atoms with Crippen LogP contribution in [0.3, 0.4) is 0 Å². The smallest absolute Gasteiger partial charge is 0.305 e. The summed E-state index contributed by atoms with van der Waals surface area (Å²) < 4.78 is 32.1. The van der Waals surface area contributed by atoms with Gasteiger partial charge in [-0.2, -0.15) is 12.7 Å². The van der Waals surface area contributed by atoms with Crippen molar-refractivity contribution in [2.75, 3.05) is 26.7 Å². The lowest BCUT2D eigenvalue weighted by Gasteiger charge is -2.15. The van der Waals surface area contributed by atoms with Gasteiger partial charge in [-0.25, -0.2) is 4.72 Å². The maximum absolute atomic E-state index is 11.8. The van der Waals surface area contributed by atoms with Gasteiger partial charge in [-0.3, -0.25) is 4.79 Å². The number of unbranched alkanes of at least 4 members (excludes halogenated alkanes) is 2. The topological polar surface area (TPSA) is 75.7 Å². The zero-order chi connectivity index (χ0) is 13.4. The largest absolute Gasteiger partial charge is 0.469 e. The third-order valence-corrected chi connectivity index (χ3v) is 4.59. The van der Waals surface area contributed by atoms with Gasteiger partial charge in [-0.1, -0.05) is 6.42 Å². The normalized spacial score (nSPS) is 16.9. The first-order chi connectivity index (χ1) is 8.56. The molecule has 0 spiro atoms. The number of rotatable bonds is 8. The molecule has 0 amide bonds. The summed E-state index contributed by atoms with van der Waals surface area (Å²) in [5.74, 6) is -0.215. The Bertz CT molecular complexity index is 350. The van der Waals surface area contributed by atoms with E-state index in [4.69, 9.17) is 0 Å². The first kappa shape index (κ1) is 15.4. The van der Waals surface area contributed by atoms with E-state index >= 15 is 0 Å². The molecule has 0 atom stereocenters. The van der Waals surface area contributed by atoms with Gasteiger partial charge in [-0.05, 0) is 25.7 Å². The number of nitrogens with zero attached hydrogens (tertiary/aromatic N) is 1. The van der Waals surface area contributed by atoms with E-state index in [0.29, 0.717) is 26.1 Å². The van der Waals surface area contributed by atoms with E-state index in [2.05, 4.69) is 9.46 Å². The van der Waals surface area contributed by atoms with Gasteiger partial charge in [0.1, 0.15) is 0 Å². The molecular formula is C11H22N2O4S. The average molecular weight is 278 g/mol. The third kappa shape index (κ3) is 5.32. The summed E-state index contributed by atoms with van der Waals surface area (Å²) in [5, 5.41) is 0. The highest BCUT2D eigenvalue weighted by Gasteiger charge is 2.24. The first-order valence-corrected chi connectivity index (χ1v) is 7.82. The van der Waals surface area contributed by atoms with Crippen LogP contribution in [0.4, 0.5) is 0 Å². The van der Waals surface area contributed by atoms with Crippen LogP contribution in [0.2, 0.25) is 0 Å². The van der Waals surface area contributed by atoms with E-state index in [-0.39, 0.29) is 5.97 Å². The molecule has 7 heteroatoms. The second kappa shape index (κ2) is 7.70. The summed E-state index contributed by atoms with van der Waals surface area (Å²) in [5.41, 5.74) is 0. The number of carbonyl (C=O) groups excluding carboxylic acids is 1. The van der Waals surface area contributed by atoms with E-state index in [0.717, 1.165) is 32.1 Å². The molecule has 0 aromatic heterocycles. The van der Waals surface area contributed by atoms with Gasteiger partial charge in [-0.15, -0.1) is 0 Å². The highest BCUT2D eigenvalue weighted by molar-refractivity contribution is 7.87. The van der Waals surface area contributed by atoms with Crippen LogP contribution >= 0.6 is 0 Å². The van der Waals surface area contributed by atoms with Gasteiger partial charge in [0.25, 0.3) is 10.2 Å². The lowest BCUT2D eigenvalue weighted by atomic mass is 10.2. The summed E-state index contributed by atoms with van der Waals surface area (Å²) >= 11 is 0. The minimum absolute atomic E-state index is 0.215. The van der Waals surface area contributed by atoms with E-state index < -0.39 is 10.2 Å². The Morgan fingerprint density at radius 2 is 1.89 bits per heavy atom. The molecule has 18 heavy (non-hydrogen) atoms. The summed E-state index contributed by atoms with van der Waals surface area (Å²) in [6, 6.07) is 0. The molecule has 1 aliphatic heterocycles. The molecule has 106 valence electrons. The number of nitrogens with one attached hydrogen (secondary N) is 1. The molecule has 1 heterocycles. The number of hydrogen-bond donors (Lipinski definition) is 1. The van der Waals surface area contributed by atoms with E-state index in [1.165, 1.54) is 11.4 Å². The van der Waals surface area contributed by atoms with Crippen molar-refractivity contribution in [2.45, 2.75) is 38.5 Å². The lowest BCUT2D eigenvalue weighted by Crippen LogP contribution is -2.39. The number of ether oxygens (including phenoxy) is 1. The Morgan fingerprint density at radius 1 is 1.22 bits per heavy atom. The molecular weight excluding hydrogens is 256 g/mol. The maximum atomic E-state index is 11.8. The summed E-state index contributed by atoms with van der Waals surface area (Å²) in [6.45, 7) is 1.68. The van der Waals surface area contributed by atoms with Crippen molar-refractivity contribution in [3.63, 3.8) is 0 Å². The average Bonchev–Trinajstić information content (AvgIpc) is 2.87. The fourth-order valence-electron chi connectivity index (χ4n) is 1.89. The predicted octanol–water partition coefficient (Wildman–Crippen LogP) is 0.650. The molecule has 0 bridgehead atoms. The number of esters is 1. The van der Waals surface area contributed by atoms with Crippen molar-refractivity contribution < 1.29 is 17.9 Å². The van der Waals surface area contributed by atoms with Crippen LogP contribution in [0.15, 0.2) is 0 Å². The van der Waals surface area contributed by atoms with Crippen molar-refractivity contribution in [2.24, 2.45) is 0 Å². The van der Waals surface area contributed by atoms with Crippen LogP contribution in [0.25, 0.3) is 0 Å². The highest BCUT2D eigenvalue weighted by Crippen LogP contribution is 2.11. The molecule has 0 saturated carbocycles. The Kier molecular flexibility index (Phi) is 6.59. The lowest BCUT2D eigenvalue weighted by molar-refractivity contribution is -0.140. The SMILES string of the molecule is COC(=O)CCCCCNS(=O)(=O)N1CCCC1. The quantitative estimate of drug-likeness (QED) is 0.522. The molecule has 1 rings (SSSR count). The van der Waals surface area contributed by atoms with Crippen LogP contribution in [-0.2, 0) is 19.7 Å². The van der Waals surface area contributed by atoms with Crippen LogP contribution in [0.1, 0.15) is 38.5 Å². The van der Waals surface area contributed by atoms with Crippen molar-refractivity contribution in [1.82, 2.24) is 9.03 Å². The standard InChI is InChI=1S/C11H22N2O4S/c1-17-11(14)7-3-2-4-8-12-18(15,16)13-9-5-6-10-13/h12H,2-10H2,1H3. The molecule has 1 fully saturated rings. The van der Waals surface area contributed by atoms with Crippen molar-refractivity contribution >= 4 is 16.2 Å². The van der Waals surface area contributed by atoms with Crippen molar-refractivity contribution in [3.8, 4) is 0 Å². The highest BCUT2D eigenvalue weighted by atomic mass is 32.2. The van der Waals surface area contributed by atoms with Gasteiger partial charge in [0, 0.05) is 26.1 Å². The monoisotopic (exact) mass is 278 g/mol. The van der Waals surface area contributed by atoms with E-state index in [9.17, 15) is 13.2 Å². The molecule has 0 unspecified atom stereocenters. The number of carbonyl (C=O) groups is 1. The Morgan fingerprint density at radius 3 is 2.50 bits per heavy atom. The van der Waals surface area contributed by atoms with E-state index in [1.807, 2.05) is 0 Å². The molecule has 1 aliphatic rings. The molecule has 0 radical (unpaired) electrons. The predicted molar refractivity (Wildman–Crippen MR) is 68.2 cm³/mol. The minimum atomic E-state index is -3.28. The van der Waals surface area contributed by atoms with Gasteiger partial charge >= 0.3 is 5.97 Å². The van der Waals surface area contributed by atoms with Crippen LogP contribution in [0, 0.1) is 0 Å². The van der Waals surface area contributed by atoms with Gasteiger partial charge in [0.05, 0.1) is 7.11 Å². The first-order valence-electron chi connectivity index (χ1n) is 6.38. The van der Waals surface area contributed by atoms with Gasteiger partial charge < -0.3 is 4.74 Å². The molecule has 0 aromatic rings. The minimum Gasteiger partial charge on any atom is -0.469 e. The molecule has 6 nitrogen and oxygen atoms in total. The Hall–Kier alpha value is -0.660. The van der Waals surface area contributed by atoms with Gasteiger partial charge in [0.2, 0.25) is 0 Å². The fourth-order valence-corrected chi connectivity index (χ4v) is 3.22. The second-order valence-electron chi connectivity index (χ2n) is 4.39. The number of methoxy groups -OCH3 is 1. The summed E-state index contributed by atoms with van der Waals surface area (Å²) in [6.07, 6.45) is 4.58. The molecule has 0 aromatic carbocycles. The van der Waals surface area contributed by atoms with Gasteiger partial charge in [0.15, 0.2) is 0 Å². The molecule has 1 N–H and O–H groups in total. The fraction of sp³-hybridized carbons (Fsp3) is 0.909. The summed E-state index contributed by atoms with van der Waals surface area (Å²) in [7, 11) is -1.91. The maximum Gasteiger partial charge on any atom is 0.305 e. The third-order valence-electron chi connectivity index (χ3n) is 2.97. The van der Waals surface area contributed by atoms with Crippen LogP contribution in [-0.4, -0.2) is 45.4 Å². The number of hydrogen-bond acceptors (Lipinski definition) is 4. The second-order valence-corrected chi connectivity index (χ2v) is 6.15. The van der Waals surface area contributed by atoms with E-state index in [1.54, 1.807) is 0 Å².